The van der Waals surface area contributed by atoms with Crippen LogP contribution in [0.5, 0.6) is 17.4 Å². The quantitative estimate of drug-likeness (QED) is 0.158. The van der Waals surface area contributed by atoms with Crippen LogP contribution in [0.25, 0.3) is 32.0 Å². The molecule has 0 bridgehead atoms. The maximum Gasteiger partial charge on any atom is 0.345 e. The zero-order valence-corrected chi connectivity index (χ0v) is 27.7. The SMILES string of the molecule is COc1ccccc1C[C@@H](Oc1ncnc2sc(-c3ccc(F)o3)c(-c3ccc(OCCN4CCN(C)CC4)c(Cl)c3C)c12)C(=O)O. The summed E-state index contributed by atoms with van der Waals surface area (Å²) in [5.41, 5.74) is 2.64. The molecule has 13 heteroatoms. The van der Waals surface area contributed by atoms with Crippen LogP contribution in [-0.2, 0) is 11.2 Å². The van der Waals surface area contributed by atoms with Crippen LogP contribution in [0.15, 0.2) is 59.3 Å². The van der Waals surface area contributed by atoms with E-state index in [4.69, 9.17) is 30.2 Å². The molecule has 0 aliphatic carbocycles. The number of aliphatic carboxylic acids is 1. The molecule has 4 heterocycles. The zero-order valence-electron chi connectivity index (χ0n) is 26.2. The highest BCUT2D eigenvalue weighted by atomic mass is 35.5. The van der Waals surface area contributed by atoms with Gasteiger partial charge in [-0.3, -0.25) is 4.90 Å². The van der Waals surface area contributed by atoms with Gasteiger partial charge in [-0.15, -0.1) is 11.3 Å². The molecule has 0 saturated carbocycles. The molecule has 3 aromatic heterocycles. The minimum atomic E-state index is -1.30. The van der Waals surface area contributed by atoms with Gasteiger partial charge in [-0.2, -0.15) is 4.39 Å². The van der Waals surface area contributed by atoms with Crippen LogP contribution >= 0.6 is 22.9 Å². The zero-order chi connectivity index (χ0) is 33.1. The number of furan rings is 1. The molecule has 1 saturated heterocycles. The number of halogens is 2. The second-order valence-corrected chi connectivity index (χ2v) is 12.7. The summed E-state index contributed by atoms with van der Waals surface area (Å²) in [7, 11) is 3.65. The van der Waals surface area contributed by atoms with Gasteiger partial charge in [-0.25, -0.2) is 14.8 Å². The number of methoxy groups -OCH3 is 1. The summed E-state index contributed by atoms with van der Waals surface area (Å²) in [5, 5.41) is 11.1. The number of piperazine rings is 1. The Morgan fingerprint density at radius 1 is 1.11 bits per heavy atom. The van der Waals surface area contributed by atoms with Crippen LogP contribution < -0.4 is 14.2 Å². The molecule has 47 heavy (non-hydrogen) atoms. The van der Waals surface area contributed by atoms with E-state index in [1.807, 2.05) is 13.0 Å². The van der Waals surface area contributed by atoms with E-state index in [0.29, 0.717) is 60.5 Å². The fraction of sp³-hybridized carbons (Fsp3) is 0.324. The van der Waals surface area contributed by atoms with Gasteiger partial charge in [0.15, 0.2) is 0 Å². The lowest BCUT2D eigenvalue weighted by Gasteiger charge is -2.32. The van der Waals surface area contributed by atoms with Crippen LogP contribution in [0.2, 0.25) is 5.02 Å². The first kappa shape index (κ1) is 32.7. The van der Waals surface area contributed by atoms with Crippen molar-refractivity contribution in [2.45, 2.75) is 19.4 Å². The van der Waals surface area contributed by atoms with E-state index in [-0.39, 0.29) is 18.1 Å². The van der Waals surface area contributed by atoms with Crippen LogP contribution in [0.4, 0.5) is 4.39 Å². The van der Waals surface area contributed by atoms with Crippen molar-refractivity contribution in [2.75, 3.05) is 53.5 Å². The van der Waals surface area contributed by atoms with Gasteiger partial charge in [0, 0.05) is 50.8 Å². The summed E-state index contributed by atoms with van der Waals surface area (Å²) in [6.07, 6.45) is 0.0252. The van der Waals surface area contributed by atoms with Crippen LogP contribution in [0, 0.1) is 12.9 Å². The number of carbonyl (C=O) groups is 1. The summed E-state index contributed by atoms with van der Waals surface area (Å²) < 4.78 is 37.3. The lowest BCUT2D eigenvalue weighted by molar-refractivity contribution is -0.145. The minimum Gasteiger partial charge on any atom is -0.496 e. The molecule has 0 radical (unpaired) electrons. The van der Waals surface area contributed by atoms with Gasteiger partial charge < -0.3 is 28.6 Å². The number of thiophene rings is 1. The van der Waals surface area contributed by atoms with E-state index < -0.39 is 18.1 Å². The Bertz CT molecular complexity index is 1890. The fourth-order valence-electron chi connectivity index (χ4n) is 5.65. The summed E-state index contributed by atoms with van der Waals surface area (Å²) in [6, 6.07) is 12.9. The van der Waals surface area contributed by atoms with Crippen molar-refractivity contribution < 1.29 is 32.9 Å². The summed E-state index contributed by atoms with van der Waals surface area (Å²) >= 11 is 8.17. The first-order chi connectivity index (χ1) is 22.7. The molecule has 5 aromatic rings. The first-order valence-corrected chi connectivity index (χ1v) is 16.3. The highest BCUT2D eigenvalue weighted by Crippen LogP contribution is 2.49. The smallest absolute Gasteiger partial charge is 0.345 e. The van der Waals surface area contributed by atoms with E-state index in [1.165, 1.54) is 36.9 Å². The molecule has 0 unspecified atom stereocenters. The molecule has 1 aliphatic rings. The van der Waals surface area contributed by atoms with Crippen LogP contribution in [-0.4, -0.2) is 90.4 Å². The molecule has 2 aromatic carbocycles. The third-order valence-corrected chi connectivity index (χ3v) is 9.84. The number of ether oxygens (including phenoxy) is 3. The van der Waals surface area contributed by atoms with Gasteiger partial charge in [-0.05, 0) is 48.9 Å². The molecule has 1 fully saturated rings. The number of aromatic nitrogens is 2. The maximum absolute atomic E-state index is 14.1. The van der Waals surface area contributed by atoms with Gasteiger partial charge in [0.05, 0.1) is 22.4 Å². The molecule has 10 nitrogen and oxygen atoms in total. The average Bonchev–Trinajstić information content (AvgIpc) is 3.68. The molecule has 1 N–H and O–H groups in total. The number of benzene rings is 2. The van der Waals surface area contributed by atoms with E-state index in [0.717, 1.165) is 32.7 Å². The summed E-state index contributed by atoms with van der Waals surface area (Å²) in [6.45, 7) is 7.15. The number of rotatable bonds is 12. The number of fused-ring (bicyclic) bond motifs is 1. The van der Waals surface area contributed by atoms with Crippen molar-refractivity contribution in [1.82, 2.24) is 19.8 Å². The Kier molecular flexibility index (Phi) is 9.92. The number of para-hydroxylation sites is 1. The third-order valence-electron chi connectivity index (χ3n) is 8.26. The number of carboxylic acids is 1. The number of hydrogen-bond acceptors (Lipinski definition) is 10. The number of hydrogen-bond donors (Lipinski definition) is 1. The molecular weight excluding hydrogens is 647 g/mol. The van der Waals surface area contributed by atoms with Gasteiger partial charge in [0.1, 0.15) is 35.0 Å². The van der Waals surface area contributed by atoms with Crippen molar-refractivity contribution in [3.05, 3.63) is 77.0 Å². The van der Waals surface area contributed by atoms with E-state index in [9.17, 15) is 14.3 Å². The van der Waals surface area contributed by atoms with Crippen LogP contribution in [0.3, 0.4) is 0 Å². The maximum atomic E-state index is 14.1. The largest absolute Gasteiger partial charge is 0.496 e. The lowest BCUT2D eigenvalue weighted by Crippen LogP contribution is -2.45. The predicted octanol–water partition coefficient (Wildman–Crippen LogP) is 6.43. The van der Waals surface area contributed by atoms with Crippen molar-refractivity contribution in [3.8, 4) is 39.1 Å². The molecule has 246 valence electrons. The monoisotopic (exact) mass is 680 g/mol. The Morgan fingerprint density at radius 3 is 2.62 bits per heavy atom. The second-order valence-electron chi connectivity index (χ2n) is 11.3. The predicted molar refractivity (Wildman–Crippen MR) is 178 cm³/mol. The first-order valence-electron chi connectivity index (χ1n) is 15.1. The van der Waals surface area contributed by atoms with Crippen molar-refractivity contribution in [1.29, 1.82) is 0 Å². The Morgan fingerprint density at radius 2 is 1.89 bits per heavy atom. The minimum absolute atomic E-state index is 0.0194. The molecule has 0 spiro atoms. The number of likely N-dealkylation sites (N-methyl/N-ethyl adjacent to an activating group) is 1. The van der Waals surface area contributed by atoms with E-state index in [2.05, 4.69) is 26.8 Å². The van der Waals surface area contributed by atoms with Crippen molar-refractivity contribution in [3.63, 3.8) is 0 Å². The van der Waals surface area contributed by atoms with Gasteiger partial charge >= 0.3 is 5.97 Å². The Hall–Kier alpha value is -4.23. The molecule has 6 rings (SSSR count). The number of carboxylic acid groups (broad SMARTS) is 1. The molecule has 1 aliphatic heterocycles. The Labute approximate surface area is 280 Å². The summed E-state index contributed by atoms with van der Waals surface area (Å²) in [5.74, 6) is 0.250. The standard InChI is InChI=1S/C34H34ClFN4O6S/c1-20-22(8-9-24(30(20)35)44-17-16-40-14-12-39(2)13-15-40)28-29-32(37-19-38-33(29)47-31(28)25-10-11-27(36)45-25)46-26(34(41)42)18-21-6-4-5-7-23(21)43-3/h4-11,19,26H,12-18H2,1-3H3,(H,41,42)/t26-/m1/s1. The highest BCUT2D eigenvalue weighted by Gasteiger charge is 2.29. The van der Waals surface area contributed by atoms with Crippen molar-refractivity contribution >= 4 is 39.1 Å². The normalized spacial score (nSPS) is 14.7. The molecular formula is C34H34ClFN4O6S. The van der Waals surface area contributed by atoms with Crippen LogP contribution in [0.1, 0.15) is 11.1 Å². The fourth-order valence-corrected chi connectivity index (χ4v) is 6.98. The molecule has 1 atom stereocenters. The second kappa shape index (κ2) is 14.3. The third kappa shape index (κ3) is 7.05. The Balaban J connectivity index is 1.38. The van der Waals surface area contributed by atoms with Gasteiger partial charge in [0.2, 0.25) is 12.0 Å². The molecule has 0 amide bonds. The van der Waals surface area contributed by atoms with E-state index >= 15 is 0 Å². The van der Waals surface area contributed by atoms with E-state index in [1.54, 1.807) is 30.3 Å². The topological polar surface area (TPSA) is 110 Å². The lowest BCUT2D eigenvalue weighted by atomic mass is 9.97. The number of nitrogens with zero attached hydrogens (tertiary/aromatic N) is 4. The highest BCUT2D eigenvalue weighted by molar-refractivity contribution is 7.22. The van der Waals surface area contributed by atoms with Crippen molar-refractivity contribution in [2.24, 2.45) is 0 Å². The average molecular weight is 681 g/mol. The van der Waals surface area contributed by atoms with Gasteiger partial charge in [0.25, 0.3) is 6.01 Å². The van der Waals surface area contributed by atoms with Gasteiger partial charge in [-0.1, -0.05) is 35.9 Å². The summed E-state index contributed by atoms with van der Waals surface area (Å²) in [4.78, 5) is 27.0.